The zero-order valence-corrected chi connectivity index (χ0v) is 13.6. The molecular weight excluding hydrogens is 292 g/mol. The van der Waals surface area contributed by atoms with Crippen molar-refractivity contribution in [2.45, 2.75) is 45.1 Å². The second-order valence-corrected chi connectivity index (χ2v) is 5.87. The van der Waals surface area contributed by atoms with Crippen LogP contribution in [0.1, 0.15) is 59.4 Å². The van der Waals surface area contributed by atoms with E-state index >= 15 is 0 Å². The first-order chi connectivity index (χ1) is 11.2. The number of carbonyl (C=O) groups is 1. The van der Waals surface area contributed by atoms with Gasteiger partial charge >= 0.3 is 0 Å². The van der Waals surface area contributed by atoms with Crippen LogP contribution >= 0.6 is 0 Å². The maximum absolute atomic E-state index is 12.6. The number of ether oxygens (including phenoxy) is 1. The van der Waals surface area contributed by atoms with Crippen LogP contribution in [0, 0.1) is 0 Å². The third kappa shape index (κ3) is 3.09. The molecular formula is C18H22N2O3. The zero-order valence-electron chi connectivity index (χ0n) is 13.6. The first kappa shape index (κ1) is 15.6. The molecule has 0 spiro atoms. The lowest BCUT2D eigenvalue weighted by Gasteiger charge is -2.27. The van der Waals surface area contributed by atoms with Crippen LogP contribution in [0.25, 0.3) is 0 Å². The molecule has 23 heavy (non-hydrogen) atoms. The van der Waals surface area contributed by atoms with Gasteiger partial charge in [-0.1, -0.05) is 30.6 Å². The molecule has 0 saturated heterocycles. The molecule has 1 aromatic carbocycles. The Morgan fingerprint density at radius 1 is 1.48 bits per heavy atom. The lowest BCUT2D eigenvalue weighted by Crippen LogP contribution is -2.31. The van der Waals surface area contributed by atoms with Crippen LogP contribution in [0.5, 0.6) is 5.75 Å². The van der Waals surface area contributed by atoms with Crippen molar-refractivity contribution in [2.24, 2.45) is 0 Å². The lowest BCUT2D eigenvalue weighted by atomic mass is 9.87. The summed E-state index contributed by atoms with van der Waals surface area (Å²) in [5.41, 5.74) is 3.62. The van der Waals surface area contributed by atoms with E-state index in [4.69, 9.17) is 9.26 Å². The Balaban J connectivity index is 1.82. The number of benzene rings is 1. The number of carbonyl (C=O) groups excluding carboxylic acids is 1. The third-order valence-electron chi connectivity index (χ3n) is 4.37. The van der Waals surface area contributed by atoms with Gasteiger partial charge in [-0.25, -0.2) is 0 Å². The highest BCUT2D eigenvalue weighted by atomic mass is 16.5. The molecule has 1 aliphatic carbocycles. The van der Waals surface area contributed by atoms with Gasteiger partial charge in [0.25, 0.3) is 5.91 Å². The van der Waals surface area contributed by atoms with E-state index in [0.717, 1.165) is 49.1 Å². The Kier molecular flexibility index (Phi) is 4.65. The minimum Gasteiger partial charge on any atom is -0.496 e. The molecule has 0 aliphatic heterocycles. The summed E-state index contributed by atoms with van der Waals surface area (Å²) in [4.78, 5) is 12.6. The number of aromatic nitrogens is 1. The molecule has 1 amide bonds. The predicted octanol–water partition coefficient (Wildman–Crippen LogP) is 3.44. The molecule has 1 N–H and O–H groups in total. The number of fused-ring (bicyclic) bond motifs is 1. The molecule has 1 aromatic heterocycles. The van der Waals surface area contributed by atoms with Crippen molar-refractivity contribution >= 4 is 5.91 Å². The maximum Gasteiger partial charge on any atom is 0.257 e. The van der Waals surface area contributed by atoms with Gasteiger partial charge in [0.2, 0.25) is 0 Å². The van der Waals surface area contributed by atoms with Crippen LogP contribution in [0.4, 0.5) is 0 Å². The van der Waals surface area contributed by atoms with Crippen molar-refractivity contribution in [1.82, 2.24) is 10.5 Å². The molecule has 0 bridgehead atoms. The number of aryl methyl sites for hydroxylation is 1. The molecule has 1 atom stereocenters. The summed E-state index contributed by atoms with van der Waals surface area (Å²) in [5, 5.41) is 7.07. The molecule has 5 heteroatoms. The molecule has 1 heterocycles. The standard InChI is InChI=1S/C18H22N2O3/c1-3-6-16-14(11-23-20-16)18(21)19-15-9-4-8-13-12(15)7-5-10-17(13)22-2/h5,7,10-11,15H,3-4,6,8-9H2,1-2H3,(H,19,21). The van der Waals surface area contributed by atoms with E-state index in [1.807, 2.05) is 12.1 Å². The number of rotatable bonds is 5. The molecule has 5 nitrogen and oxygen atoms in total. The Bertz CT molecular complexity index is 693. The van der Waals surface area contributed by atoms with Crippen molar-refractivity contribution in [3.63, 3.8) is 0 Å². The van der Waals surface area contributed by atoms with E-state index in [-0.39, 0.29) is 11.9 Å². The first-order valence-corrected chi connectivity index (χ1v) is 8.14. The van der Waals surface area contributed by atoms with Gasteiger partial charge in [-0.15, -0.1) is 0 Å². The van der Waals surface area contributed by atoms with Crippen LogP contribution < -0.4 is 10.1 Å². The Morgan fingerprint density at radius 2 is 2.35 bits per heavy atom. The van der Waals surface area contributed by atoms with Crippen molar-refractivity contribution < 1.29 is 14.1 Å². The summed E-state index contributed by atoms with van der Waals surface area (Å²) in [7, 11) is 1.69. The van der Waals surface area contributed by atoms with Crippen LogP contribution in [0.15, 0.2) is 29.0 Å². The normalized spacial score (nSPS) is 16.7. The van der Waals surface area contributed by atoms with Crippen LogP contribution in [0.3, 0.4) is 0 Å². The molecule has 1 unspecified atom stereocenters. The fraction of sp³-hybridized carbons (Fsp3) is 0.444. The number of methoxy groups -OCH3 is 1. The van der Waals surface area contributed by atoms with Gasteiger partial charge in [0.1, 0.15) is 17.6 Å². The summed E-state index contributed by atoms with van der Waals surface area (Å²) in [6.07, 6.45) is 6.06. The van der Waals surface area contributed by atoms with Crippen molar-refractivity contribution in [3.05, 3.63) is 46.8 Å². The van der Waals surface area contributed by atoms with E-state index < -0.39 is 0 Å². The number of amides is 1. The largest absolute Gasteiger partial charge is 0.496 e. The summed E-state index contributed by atoms with van der Waals surface area (Å²) in [5.74, 6) is 0.786. The monoisotopic (exact) mass is 314 g/mol. The van der Waals surface area contributed by atoms with Gasteiger partial charge in [0.15, 0.2) is 0 Å². The van der Waals surface area contributed by atoms with E-state index in [2.05, 4.69) is 23.5 Å². The summed E-state index contributed by atoms with van der Waals surface area (Å²) >= 11 is 0. The SMILES string of the molecule is CCCc1nocc1C(=O)NC1CCCc2c(OC)cccc21. The van der Waals surface area contributed by atoms with E-state index in [1.165, 1.54) is 11.8 Å². The minimum absolute atomic E-state index is 0.00530. The quantitative estimate of drug-likeness (QED) is 0.918. The van der Waals surface area contributed by atoms with Gasteiger partial charge in [-0.3, -0.25) is 4.79 Å². The van der Waals surface area contributed by atoms with Crippen molar-refractivity contribution in [1.29, 1.82) is 0 Å². The van der Waals surface area contributed by atoms with Crippen LogP contribution in [0.2, 0.25) is 0 Å². The van der Waals surface area contributed by atoms with Gasteiger partial charge in [0.05, 0.1) is 18.8 Å². The van der Waals surface area contributed by atoms with Crippen molar-refractivity contribution in [3.8, 4) is 5.75 Å². The summed E-state index contributed by atoms with van der Waals surface area (Å²) < 4.78 is 10.4. The van der Waals surface area contributed by atoms with Gasteiger partial charge in [-0.2, -0.15) is 0 Å². The maximum atomic E-state index is 12.6. The predicted molar refractivity (Wildman–Crippen MR) is 86.6 cm³/mol. The Labute approximate surface area is 136 Å². The van der Waals surface area contributed by atoms with E-state index in [9.17, 15) is 4.79 Å². The fourth-order valence-corrected chi connectivity index (χ4v) is 3.25. The molecule has 1 aliphatic rings. The fourth-order valence-electron chi connectivity index (χ4n) is 3.25. The highest BCUT2D eigenvalue weighted by Gasteiger charge is 2.26. The second-order valence-electron chi connectivity index (χ2n) is 5.87. The van der Waals surface area contributed by atoms with Gasteiger partial charge in [0, 0.05) is 0 Å². The Hall–Kier alpha value is -2.30. The molecule has 0 radical (unpaired) electrons. The van der Waals surface area contributed by atoms with Gasteiger partial charge < -0.3 is 14.6 Å². The van der Waals surface area contributed by atoms with Gasteiger partial charge in [-0.05, 0) is 42.9 Å². The first-order valence-electron chi connectivity index (χ1n) is 8.14. The number of nitrogens with zero attached hydrogens (tertiary/aromatic N) is 1. The van der Waals surface area contributed by atoms with E-state index in [0.29, 0.717) is 5.56 Å². The van der Waals surface area contributed by atoms with E-state index in [1.54, 1.807) is 7.11 Å². The summed E-state index contributed by atoms with van der Waals surface area (Å²) in [6, 6.07) is 6.03. The van der Waals surface area contributed by atoms with Crippen LogP contribution in [-0.2, 0) is 12.8 Å². The molecule has 0 saturated carbocycles. The minimum atomic E-state index is -0.115. The summed E-state index contributed by atoms with van der Waals surface area (Å²) in [6.45, 7) is 2.06. The lowest BCUT2D eigenvalue weighted by molar-refractivity contribution is 0.0931. The highest BCUT2D eigenvalue weighted by molar-refractivity contribution is 5.95. The molecule has 3 rings (SSSR count). The third-order valence-corrected chi connectivity index (χ3v) is 4.37. The van der Waals surface area contributed by atoms with Crippen molar-refractivity contribution in [2.75, 3.05) is 7.11 Å². The smallest absolute Gasteiger partial charge is 0.257 e. The second kappa shape index (κ2) is 6.86. The number of nitrogens with one attached hydrogen (secondary N) is 1. The highest BCUT2D eigenvalue weighted by Crippen LogP contribution is 2.35. The van der Waals surface area contributed by atoms with Crippen LogP contribution in [-0.4, -0.2) is 18.2 Å². The Morgan fingerprint density at radius 3 is 3.13 bits per heavy atom. The average molecular weight is 314 g/mol. The molecule has 0 fully saturated rings. The number of hydrogen-bond donors (Lipinski definition) is 1. The molecule has 122 valence electrons. The average Bonchev–Trinajstić information content (AvgIpc) is 3.03. The number of hydrogen-bond acceptors (Lipinski definition) is 4. The molecule has 2 aromatic rings. The topological polar surface area (TPSA) is 64.4 Å². The zero-order chi connectivity index (χ0) is 16.2.